The highest BCUT2D eigenvalue weighted by Crippen LogP contribution is 2.30. The monoisotopic (exact) mass is 406 g/mol. The number of halogens is 2. The van der Waals surface area contributed by atoms with E-state index < -0.39 is 5.91 Å². The minimum Gasteiger partial charge on any atom is -0.331 e. The van der Waals surface area contributed by atoms with Gasteiger partial charge in [-0.05, 0) is 61.1 Å². The van der Waals surface area contributed by atoms with Gasteiger partial charge in [0.05, 0.1) is 10.7 Å². The van der Waals surface area contributed by atoms with E-state index in [1.807, 2.05) is 0 Å². The Morgan fingerprint density at radius 3 is 2.56 bits per heavy atom. The highest BCUT2D eigenvalue weighted by atomic mass is 35.5. The van der Waals surface area contributed by atoms with Crippen LogP contribution in [0.5, 0.6) is 0 Å². The quantitative estimate of drug-likeness (QED) is 0.539. The molecule has 3 N–H and O–H groups in total. The number of rotatable bonds is 3. The molecule has 9 heteroatoms. The van der Waals surface area contributed by atoms with Crippen LogP contribution in [0.15, 0.2) is 42.5 Å². The molecule has 1 saturated heterocycles. The molecule has 0 bridgehead atoms. The Morgan fingerprint density at radius 1 is 1.15 bits per heavy atom. The van der Waals surface area contributed by atoms with E-state index in [0.29, 0.717) is 34.9 Å². The van der Waals surface area contributed by atoms with Crippen molar-refractivity contribution >= 4 is 52.1 Å². The third-order valence-corrected chi connectivity index (χ3v) is 4.49. The number of hydrogen-bond donors (Lipinski definition) is 3. The molecule has 0 aromatic heterocycles. The molecule has 2 aromatic rings. The molecule has 0 saturated carbocycles. The van der Waals surface area contributed by atoms with Crippen LogP contribution in [0, 0.1) is 5.82 Å². The van der Waals surface area contributed by atoms with E-state index >= 15 is 0 Å². The van der Waals surface area contributed by atoms with E-state index in [9.17, 15) is 14.0 Å². The number of thiocarbonyl (C=S) groups is 1. The van der Waals surface area contributed by atoms with Crippen LogP contribution >= 0.6 is 23.8 Å². The Labute approximate surface area is 165 Å². The first kappa shape index (κ1) is 19.1. The Kier molecular flexibility index (Phi) is 5.88. The second-order valence-corrected chi connectivity index (χ2v) is 6.67. The summed E-state index contributed by atoms with van der Waals surface area (Å²) in [5, 5.41) is 3.36. The number of nitrogens with zero attached hydrogens (tertiary/aromatic N) is 1. The zero-order valence-corrected chi connectivity index (χ0v) is 15.7. The van der Waals surface area contributed by atoms with Gasteiger partial charge in [0.15, 0.2) is 5.11 Å². The number of nitrogens with one attached hydrogen (secondary N) is 3. The molecular formula is C18H16ClFN4O2S. The number of hydrazine groups is 1. The first-order valence-corrected chi connectivity index (χ1v) is 8.95. The molecule has 0 spiro atoms. The molecule has 2 amide bonds. The molecule has 1 aliphatic heterocycles. The van der Waals surface area contributed by atoms with Crippen molar-refractivity contribution in [3.05, 3.63) is 58.9 Å². The Morgan fingerprint density at radius 2 is 1.89 bits per heavy atom. The maximum absolute atomic E-state index is 12.9. The molecule has 1 heterocycles. The van der Waals surface area contributed by atoms with Gasteiger partial charge in [-0.3, -0.25) is 20.4 Å². The van der Waals surface area contributed by atoms with Crippen molar-refractivity contribution in [1.29, 1.82) is 0 Å². The van der Waals surface area contributed by atoms with Gasteiger partial charge in [-0.2, -0.15) is 0 Å². The Bertz CT molecular complexity index is 891. The Balaban J connectivity index is 1.61. The first-order valence-electron chi connectivity index (χ1n) is 8.17. The number of carbonyl (C=O) groups excluding carboxylic acids is 2. The van der Waals surface area contributed by atoms with Crippen molar-refractivity contribution in [2.75, 3.05) is 16.8 Å². The summed E-state index contributed by atoms with van der Waals surface area (Å²) in [6.45, 7) is 0.577. The molecule has 1 aliphatic rings. The lowest BCUT2D eigenvalue weighted by atomic mass is 10.2. The van der Waals surface area contributed by atoms with Gasteiger partial charge in [0.1, 0.15) is 5.82 Å². The van der Waals surface area contributed by atoms with Crippen molar-refractivity contribution < 1.29 is 14.0 Å². The van der Waals surface area contributed by atoms with E-state index in [2.05, 4.69) is 16.2 Å². The zero-order chi connectivity index (χ0) is 19.4. The molecule has 0 aliphatic carbocycles. The molecule has 6 nitrogen and oxygen atoms in total. The fourth-order valence-corrected chi connectivity index (χ4v) is 3.03. The van der Waals surface area contributed by atoms with E-state index in [0.717, 1.165) is 6.42 Å². The lowest BCUT2D eigenvalue weighted by Crippen LogP contribution is -2.43. The van der Waals surface area contributed by atoms with E-state index in [4.69, 9.17) is 23.8 Å². The van der Waals surface area contributed by atoms with Crippen LogP contribution in [0.2, 0.25) is 5.02 Å². The summed E-state index contributed by atoms with van der Waals surface area (Å²) in [6, 6.07) is 10.3. The maximum Gasteiger partial charge on any atom is 0.269 e. The van der Waals surface area contributed by atoms with E-state index in [1.54, 1.807) is 23.1 Å². The SMILES string of the molecule is O=C(NNC(=S)Nc1ccc(F)cc1)c1ccc(Cl)c(N2CCCC2=O)c1. The fraction of sp³-hybridized carbons (Fsp3) is 0.167. The standard InChI is InChI=1S/C18H16ClFN4O2S/c19-14-8-3-11(10-15(14)24-9-1-2-16(24)25)17(26)22-23-18(27)21-13-6-4-12(20)5-7-13/h3-8,10H,1-2,9H2,(H,22,26)(H2,21,23,27). The number of hydrogen-bond acceptors (Lipinski definition) is 3. The normalized spacial score (nSPS) is 13.4. The van der Waals surface area contributed by atoms with Gasteiger partial charge < -0.3 is 10.2 Å². The van der Waals surface area contributed by atoms with Crippen molar-refractivity contribution in [2.24, 2.45) is 0 Å². The predicted molar refractivity (Wildman–Crippen MR) is 106 cm³/mol. The van der Waals surface area contributed by atoms with Crippen LogP contribution in [-0.2, 0) is 4.79 Å². The van der Waals surface area contributed by atoms with Crippen LogP contribution in [-0.4, -0.2) is 23.5 Å². The third-order valence-electron chi connectivity index (χ3n) is 3.96. The van der Waals surface area contributed by atoms with Crippen LogP contribution in [0.3, 0.4) is 0 Å². The van der Waals surface area contributed by atoms with Crippen molar-refractivity contribution in [3.8, 4) is 0 Å². The van der Waals surface area contributed by atoms with Crippen LogP contribution in [0.4, 0.5) is 15.8 Å². The summed E-state index contributed by atoms with van der Waals surface area (Å²) >= 11 is 11.3. The summed E-state index contributed by atoms with van der Waals surface area (Å²) in [5.74, 6) is -0.817. The second-order valence-electron chi connectivity index (χ2n) is 5.86. The van der Waals surface area contributed by atoms with Crippen molar-refractivity contribution in [3.63, 3.8) is 0 Å². The fourth-order valence-electron chi connectivity index (χ4n) is 2.64. The molecule has 0 atom stereocenters. The van der Waals surface area contributed by atoms with Gasteiger partial charge in [-0.1, -0.05) is 11.6 Å². The second kappa shape index (κ2) is 8.32. The molecule has 0 unspecified atom stereocenters. The van der Waals surface area contributed by atoms with Crippen LogP contribution in [0.25, 0.3) is 0 Å². The number of benzene rings is 2. The van der Waals surface area contributed by atoms with Gasteiger partial charge in [-0.15, -0.1) is 0 Å². The zero-order valence-electron chi connectivity index (χ0n) is 14.1. The average Bonchev–Trinajstić information content (AvgIpc) is 3.08. The van der Waals surface area contributed by atoms with Crippen LogP contribution in [0.1, 0.15) is 23.2 Å². The van der Waals surface area contributed by atoms with Crippen LogP contribution < -0.4 is 21.1 Å². The summed E-state index contributed by atoms with van der Waals surface area (Å²) < 4.78 is 12.9. The molecule has 3 rings (SSSR count). The molecule has 27 heavy (non-hydrogen) atoms. The van der Waals surface area contributed by atoms with E-state index in [-0.39, 0.29) is 16.8 Å². The highest BCUT2D eigenvalue weighted by Gasteiger charge is 2.24. The van der Waals surface area contributed by atoms with Gasteiger partial charge in [-0.25, -0.2) is 4.39 Å². The predicted octanol–water partition coefficient (Wildman–Crippen LogP) is 3.24. The van der Waals surface area contributed by atoms with Gasteiger partial charge in [0, 0.05) is 24.2 Å². The van der Waals surface area contributed by atoms with E-state index in [1.165, 1.54) is 24.3 Å². The molecule has 1 fully saturated rings. The average molecular weight is 407 g/mol. The van der Waals surface area contributed by atoms with Gasteiger partial charge in [0.25, 0.3) is 5.91 Å². The van der Waals surface area contributed by atoms with Crippen molar-refractivity contribution in [2.45, 2.75) is 12.8 Å². The van der Waals surface area contributed by atoms with Gasteiger partial charge >= 0.3 is 0 Å². The molecule has 140 valence electrons. The third kappa shape index (κ3) is 4.72. The first-order chi connectivity index (χ1) is 12.9. The maximum atomic E-state index is 12.9. The topological polar surface area (TPSA) is 73.5 Å². The minimum absolute atomic E-state index is 0.0164. The molecular weight excluding hydrogens is 391 g/mol. The smallest absolute Gasteiger partial charge is 0.269 e. The molecule has 2 aromatic carbocycles. The molecule has 0 radical (unpaired) electrons. The number of amides is 2. The number of anilines is 2. The number of carbonyl (C=O) groups is 2. The summed E-state index contributed by atoms with van der Waals surface area (Å²) in [6.07, 6.45) is 1.23. The van der Waals surface area contributed by atoms with Gasteiger partial charge in [0.2, 0.25) is 5.91 Å². The minimum atomic E-state index is -0.442. The highest BCUT2D eigenvalue weighted by molar-refractivity contribution is 7.80. The summed E-state index contributed by atoms with van der Waals surface area (Å²) in [7, 11) is 0. The Hall–Kier alpha value is -2.71. The lowest BCUT2D eigenvalue weighted by Gasteiger charge is -2.18. The summed E-state index contributed by atoms with van der Waals surface area (Å²) in [5.41, 5.74) is 6.45. The summed E-state index contributed by atoms with van der Waals surface area (Å²) in [4.78, 5) is 25.8. The largest absolute Gasteiger partial charge is 0.331 e. The van der Waals surface area contributed by atoms with Crippen molar-refractivity contribution in [1.82, 2.24) is 10.9 Å². The lowest BCUT2D eigenvalue weighted by molar-refractivity contribution is -0.117.